The minimum absolute atomic E-state index is 0.0411. The summed E-state index contributed by atoms with van der Waals surface area (Å²) in [7, 11) is 0. The van der Waals surface area contributed by atoms with Crippen LogP contribution in [0.25, 0.3) is 0 Å². The lowest BCUT2D eigenvalue weighted by Crippen LogP contribution is -2.06. The van der Waals surface area contributed by atoms with E-state index in [0.29, 0.717) is 3.57 Å². The molecule has 2 N–H and O–H groups in total. The van der Waals surface area contributed by atoms with E-state index in [4.69, 9.17) is 5.73 Å². The van der Waals surface area contributed by atoms with Gasteiger partial charge in [0.1, 0.15) is 0 Å². The summed E-state index contributed by atoms with van der Waals surface area (Å²) in [6.07, 6.45) is -1.01. The molecule has 5 heteroatoms. The van der Waals surface area contributed by atoms with Crippen LogP contribution in [0.4, 0.5) is 8.78 Å². The molecule has 1 aromatic heterocycles. The summed E-state index contributed by atoms with van der Waals surface area (Å²) in [6.45, 7) is 0.0521. The molecule has 0 amide bonds. The van der Waals surface area contributed by atoms with Crippen LogP contribution in [0.1, 0.15) is 17.7 Å². The first-order chi connectivity index (χ1) is 5.66. The van der Waals surface area contributed by atoms with Crippen LogP contribution in [-0.4, -0.2) is 4.98 Å². The summed E-state index contributed by atoms with van der Waals surface area (Å²) < 4.78 is 25.3. The van der Waals surface area contributed by atoms with Crippen LogP contribution in [0, 0.1) is 3.57 Å². The van der Waals surface area contributed by atoms with Gasteiger partial charge in [0.15, 0.2) is 0 Å². The minimum Gasteiger partial charge on any atom is -0.325 e. The van der Waals surface area contributed by atoms with Gasteiger partial charge >= 0.3 is 0 Å². The van der Waals surface area contributed by atoms with Gasteiger partial charge in [-0.2, -0.15) is 0 Å². The molecule has 0 spiro atoms. The van der Waals surface area contributed by atoms with Gasteiger partial charge < -0.3 is 5.73 Å². The average molecular weight is 284 g/mol. The Balaban J connectivity index is 3.20. The van der Waals surface area contributed by atoms with Crippen LogP contribution in [0.5, 0.6) is 0 Å². The smallest absolute Gasteiger partial charge is 0.266 e. The number of alkyl halides is 2. The Bertz CT molecular complexity index is 278. The Morgan fingerprint density at radius 3 is 2.67 bits per heavy atom. The first-order valence-corrected chi connectivity index (χ1v) is 4.36. The minimum atomic E-state index is -2.50. The van der Waals surface area contributed by atoms with E-state index in [-0.39, 0.29) is 17.8 Å². The monoisotopic (exact) mass is 284 g/mol. The van der Waals surface area contributed by atoms with E-state index in [1.165, 1.54) is 6.20 Å². The highest BCUT2D eigenvalue weighted by molar-refractivity contribution is 14.1. The molecule has 0 saturated carbocycles. The van der Waals surface area contributed by atoms with Crippen molar-refractivity contribution in [3.63, 3.8) is 0 Å². The quantitative estimate of drug-likeness (QED) is 0.844. The summed E-state index contributed by atoms with van der Waals surface area (Å²) in [4.78, 5) is 3.77. The topological polar surface area (TPSA) is 38.9 Å². The Morgan fingerprint density at radius 1 is 1.58 bits per heavy atom. The first kappa shape index (κ1) is 9.79. The molecule has 0 aromatic carbocycles. The second-order valence-electron chi connectivity index (χ2n) is 2.16. The van der Waals surface area contributed by atoms with Gasteiger partial charge in [-0.1, -0.05) is 0 Å². The molecule has 1 rings (SSSR count). The Kier molecular flexibility index (Phi) is 3.33. The number of nitrogens with two attached hydrogens (primary N) is 1. The molecular formula is C7H7F2IN2. The van der Waals surface area contributed by atoms with Crippen molar-refractivity contribution in [2.45, 2.75) is 13.0 Å². The van der Waals surface area contributed by atoms with Gasteiger partial charge in [0, 0.05) is 16.3 Å². The predicted octanol–water partition coefficient (Wildman–Crippen LogP) is 2.08. The lowest BCUT2D eigenvalue weighted by Gasteiger charge is -2.06. The largest absolute Gasteiger partial charge is 0.325 e. The number of pyridine rings is 1. The number of nitrogens with zero attached hydrogens (tertiary/aromatic N) is 1. The van der Waals surface area contributed by atoms with E-state index in [1.54, 1.807) is 6.07 Å². The Hall–Kier alpha value is -0.300. The maximum absolute atomic E-state index is 12.4. The Labute approximate surface area is 82.3 Å². The van der Waals surface area contributed by atoms with Crippen molar-refractivity contribution in [2.75, 3.05) is 0 Å². The predicted molar refractivity (Wildman–Crippen MR) is 49.8 cm³/mol. The second kappa shape index (κ2) is 4.08. The van der Waals surface area contributed by atoms with E-state index < -0.39 is 6.43 Å². The molecule has 0 radical (unpaired) electrons. The molecule has 66 valence electrons. The summed E-state index contributed by atoms with van der Waals surface area (Å²) in [5.74, 6) is 0. The zero-order chi connectivity index (χ0) is 9.14. The van der Waals surface area contributed by atoms with Crippen molar-refractivity contribution in [1.29, 1.82) is 0 Å². The van der Waals surface area contributed by atoms with Gasteiger partial charge in [0.25, 0.3) is 6.43 Å². The fraction of sp³-hybridized carbons (Fsp3) is 0.286. The third kappa shape index (κ3) is 1.89. The molecule has 0 aliphatic carbocycles. The SMILES string of the molecule is NCc1nccc(I)c1C(F)F. The standard InChI is InChI=1S/C7H7F2IN2/c8-7(9)6-4(10)1-2-12-5(6)3-11/h1-2,7H,3,11H2. The molecule has 0 aliphatic heterocycles. The van der Waals surface area contributed by atoms with E-state index in [2.05, 4.69) is 4.98 Å². The van der Waals surface area contributed by atoms with Gasteiger partial charge in [-0.05, 0) is 28.7 Å². The fourth-order valence-electron chi connectivity index (χ4n) is 0.883. The highest BCUT2D eigenvalue weighted by atomic mass is 127. The van der Waals surface area contributed by atoms with Crippen LogP contribution in [0.3, 0.4) is 0 Å². The van der Waals surface area contributed by atoms with Crippen molar-refractivity contribution in [3.05, 3.63) is 27.1 Å². The Morgan fingerprint density at radius 2 is 2.25 bits per heavy atom. The van der Waals surface area contributed by atoms with Crippen molar-refractivity contribution < 1.29 is 8.78 Å². The normalized spacial score (nSPS) is 10.8. The summed E-state index contributed by atoms with van der Waals surface area (Å²) in [5, 5.41) is 0. The van der Waals surface area contributed by atoms with E-state index in [0.717, 1.165) is 0 Å². The number of hydrogen-bond donors (Lipinski definition) is 1. The maximum Gasteiger partial charge on any atom is 0.266 e. The number of hydrogen-bond acceptors (Lipinski definition) is 2. The summed E-state index contributed by atoms with van der Waals surface area (Å²) >= 11 is 1.85. The van der Waals surface area contributed by atoms with E-state index in [1.807, 2.05) is 22.6 Å². The van der Waals surface area contributed by atoms with Crippen molar-refractivity contribution in [3.8, 4) is 0 Å². The molecule has 0 saturated heterocycles. The van der Waals surface area contributed by atoms with Crippen molar-refractivity contribution in [2.24, 2.45) is 5.73 Å². The molecule has 0 aliphatic rings. The van der Waals surface area contributed by atoms with Gasteiger partial charge in [0.05, 0.1) is 11.3 Å². The van der Waals surface area contributed by atoms with Gasteiger partial charge in [-0.15, -0.1) is 0 Å². The molecule has 0 atom stereocenters. The molecular weight excluding hydrogens is 277 g/mol. The van der Waals surface area contributed by atoms with Gasteiger partial charge in [0.2, 0.25) is 0 Å². The number of rotatable bonds is 2. The maximum atomic E-state index is 12.4. The molecule has 0 bridgehead atoms. The summed E-state index contributed by atoms with van der Waals surface area (Å²) in [6, 6.07) is 1.54. The van der Waals surface area contributed by atoms with E-state index >= 15 is 0 Å². The zero-order valence-corrected chi connectivity index (χ0v) is 8.26. The third-order valence-electron chi connectivity index (χ3n) is 1.43. The highest BCUT2D eigenvalue weighted by Crippen LogP contribution is 2.26. The van der Waals surface area contributed by atoms with Crippen LogP contribution in [0.2, 0.25) is 0 Å². The van der Waals surface area contributed by atoms with Gasteiger partial charge in [-0.3, -0.25) is 4.98 Å². The molecule has 2 nitrogen and oxygen atoms in total. The summed E-state index contributed by atoms with van der Waals surface area (Å²) in [5.41, 5.74) is 5.49. The lowest BCUT2D eigenvalue weighted by molar-refractivity contribution is 0.148. The van der Waals surface area contributed by atoms with Crippen LogP contribution in [-0.2, 0) is 6.54 Å². The molecule has 12 heavy (non-hydrogen) atoms. The number of aromatic nitrogens is 1. The van der Waals surface area contributed by atoms with Crippen LogP contribution in [0.15, 0.2) is 12.3 Å². The molecule has 1 heterocycles. The number of halogens is 3. The van der Waals surface area contributed by atoms with Crippen molar-refractivity contribution >= 4 is 22.6 Å². The second-order valence-corrected chi connectivity index (χ2v) is 3.32. The highest BCUT2D eigenvalue weighted by Gasteiger charge is 2.16. The molecule has 0 unspecified atom stereocenters. The van der Waals surface area contributed by atoms with E-state index in [9.17, 15) is 8.78 Å². The van der Waals surface area contributed by atoms with Gasteiger partial charge in [-0.25, -0.2) is 8.78 Å². The van der Waals surface area contributed by atoms with Crippen LogP contribution >= 0.6 is 22.6 Å². The van der Waals surface area contributed by atoms with Crippen LogP contribution < -0.4 is 5.73 Å². The zero-order valence-electron chi connectivity index (χ0n) is 6.10. The molecule has 0 fully saturated rings. The average Bonchev–Trinajstić information content (AvgIpc) is 2.03. The fourth-order valence-corrected chi connectivity index (χ4v) is 1.59. The third-order valence-corrected chi connectivity index (χ3v) is 2.37. The lowest BCUT2D eigenvalue weighted by atomic mass is 10.2. The van der Waals surface area contributed by atoms with Crippen molar-refractivity contribution in [1.82, 2.24) is 4.98 Å². The molecule has 1 aromatic rings. The first-order valence-electron chi connectivity index (χ1n) is 3.28.